The maximum atomic E-state index is 12.7. The van der Waals surface area contributed by atoms with Crippen molar-refractivity contribution in [1.82, 2.24) is 20.2 Å². The first-order valence-corrected chi connectivity index (χ1v) is 8.15. The summed E-state index contributed by atoms with van der Waals surface area (Å²) in [5.41, 5.74) is 1.95. The molecule has 114 valence electrons. The Bertz CT molecular complexity index is 547. The zero-order chi connectivity index (χ0) is 14.8. The van der Waals surface area contributed by atoms with Crippen molar-refractivity contribution >= 4 is 23.6 Å². The first kappa shape index (κ1) is 14.4. The molecule has 0 saturated carbocycles. The van der Waals surface area contributed by atoms with Gasteiger partial charge in [-0.15, -0.1) is 0 Å². The Kier molecular flexibility index (Phi) is 4.16. The second kappa shape index (κ2) is 6.07. The van der Waals surface area contributed by atoms with E-state index in [9.17, 15) is 9.59 Å². The highest BCUT2D eigenvalue weighted by atomic mass is 32.2. The second-order valence-corrected chi connectivity index (χ2v) is 6.47. The molecule has 8 heteroatoms. The smallest absolute Gasteiger partial charge is 0.305 e. The molecule has 2 aliphatic rings. The standard InChI is InChI=1S/C13H18N4O3S/c18-12(19)3-8-6-21-2-1-17(8)13(20)10-4-9-11(5-14-10)16-7-15-9/h7-8,10,14H,1-6H2,(H,15,16)(H,18,19). The van der Waals surface area contributed by atoms with Crippen LogP contribution in [0.4, 0.5) is 0 Å². The van der Waals surface area contributed by atoms with E-state index >= 15 is 0 Å². The van der Waals surface area contributed by atoms with Gasteiger partial charge in [0.2, 0.25) is 5.91 Å². The van der Waals surface area contributed by atoms with Crippen LogP contribution >= 0.6 is 11.8 Å². The fraction of sp³-hybridized carbons (Fsp3) is 0.615. The van der Waals surface area contributed by atoms with Gasteiger partial charge in [0.15, 0.2) is 0 Å². The Hall–Kier alpha value is -1.54. The summed E-state index contributed by atoms with van der Waals surface area (Å²) in [6, 6.07) is -0.517. The third kappa shape index (κ3) is 3.06. The number of imidazole rings is 1. The number of aromatic nitrogens is 2. The van der Waals surface area contributed by atoms with Crippen molar-refractivity contribution in [2.45, 2.75) is 31.5 Å². The molecule has 1 aromatic heterocycles. The Morgan fingerprint density at radius 2 is 2.38 bits per heavy atom. The molecule has 1 fully saturated rings. The Balaban J connectivity index is 1.70. The van der Waals surface area contributed by atoms with E-state index in [4.69, 9.17) is 5.11 Å². The van der Waals surface area contributed by atoms with Crippen LogP contribution < -0.4 is 5.32 Å². The lowest BCUT2D eigenvalue weighted by Crippen LogP contribution is -2.55. The second-order valence-electron chi connectivity index (χ2n) is 5.32. The third-order valence-electron chi connectivity index (χ3n) is 3.95. The first-order valence-electron chi connectivity index (χ1n) is 6.99. The zero-order valence-electron chi connectivity index (χ0n) is 11.5. The van der Waals surface area contributed by atoms with Crippen LogP contribution in [0.5, 0.6) is 0 Å². The summed E-state index contributed by atoms with van der Waals surface area (Å²) in [6.45, 7) is 1.21. The molecule has 0 spiro atoms. The van der Waals surface area contributed by atoms with Crippen molar-refractivity contribution in [2.75, 3.05) is 18.1 Å². The van der Waals surface area contributed by atoms with E-state index in [1.165, 1.54) is 0 Å². The molecular weight excluding hydrogens is 292 g/mol. The quantitative estimate of drug-likeness (QED) is 0.718. The van der Waals surface area contributed by atoms with E-state index in [1.54, 1.807) is 23.0 Å². The molecule has 1 saturated heterocycles. The summed E-state index contributed by atoms with van der Waals surface area (Å²) < 4.78 is 0. The normalized spacial score (nSPS) is 25.4. The van der Waals surface area contributed by atoms with Crippen LogP contribution in [-0.4, -0.2) is 62.0 Å². The van der Waals surface area contributed by atoms with Gasteiger partial charge in [0.25, 0.3) is 0 Å². The van der Waals surface area contributed by atoms with E-state index in [0.29, 0.717) is 25.3 Å². The number of carbonyl (C=O) groups is 2. The summed E-state index contributed by atoms with van der Waals surface area (Å²) in [6.07, 6.45) is 2.21. The van der Waals surface area contributed by atoms with Gasteiger partial charge in [0.05, 0.1) is 36.2 Å². The number of rotatable bonds is 3. The highest BCUT2D eigenvalue weighted by molar-refractivity contribution is 7.99. The van der Waals surface area contributed by atoms with E-state index in [2.05, 4.69) is 15.3 Å². The van der Waals surface area contributed by atoms with Crippen LogP contribution in [0.3, 0.4) is 0 Å². The monoisotopic (exact) mass is 310 g/mol. The topological polar surface area (TPSA) is 98.3 Å². The SMILES string of the molecule is O=C(O)CC1CSCCN1C(=O)C1Cc2nc[nH]c2CN1. The molecule has 2 unspecified atom stereocenters. The summed E-state index contributed by atoms with van der Waals surface area (Å²) in [5.74, 6) is 0.697. The van der Waals surface area contributed by atoms with Crippen LogP contribution in [0, 0.1) is 0 Å². The van der Waals surface area contributed by atoms with Crippen molar-refractivity contribution in [3.05, 3.63) is 17.7 Å². The number of H-pyrrole nitrogens is 1. The van der Waals surface area contributed by atoms with Gasteiger partial charge >= 0.3 is 5.97 Å². The number of aliphatic carboxylic acids is 1. The lowest BCUT2D eigenvalue weighted by Gasteiger charge is -2.37. The molecule has 2 aliphatic heterocycles. The number of thioether (sulfide) groups is 1. The molecule has 3 heterocycles. The van der Waals surface area contributed by atoms with Gasteiger partial charge in [-0.05, 0) is 0 Å². The fourth-order valence-corrected chi connectivity index (χ4v) is 3.92. The van der Waals surface area contributed by atoms with Gasteiger partial charge in [-0.3, -0.25) is 14.9 Å². The maximum Gasteiger partial charge on any atom is 0.305 e. The molecule has 1 amide bonds. The lowest BCUT2D eigenvalue weighted by molar-refractivity contribution is -0.141. The van der Waals surface area contributed by atoms with Gasteiger partial charge in [-0.2, -0.15) is 11.8 Å². The van der Waals surface area contributed by atoms with Gasteiger partial charge in [0, 0.05) is 31.0 Å². The summed E-state index contributed by atoms with van der Waals surface area (Å²) in [4.78, 5) is 32.7. The molecule has 3 N–H and O–H groups in total. The molecule has 0 aliphatic carbocycles. The first-order chi connectivity index (χ1) is 10.1. The van der Waals surface area contributed by atoms with Crippen LogP contribution in [0.2, 0.25) is 0 Å². The number of aromatic amines is 1. The summed E-state index contributed by atoms with van der Waals surface area (Å²) in [7, 11) is 0. The fourth-order valence-electron chi connectivity index (χ4n) is 2.86. The minimum absolute atomic E-state index is 0.00444. The summed E-state index contributed by atoms with van der Waals surface area (Å²) in [5, 5.41) is 12.2. The molecule has 3 rings (SSSR count). The number of hydrogen-bond acceptors (Lipinski definition) is 5. The average molecular weight is 310 g/mol. The lowest BCUT2D eigenvalue weighted by atomic mass is 10.0. The highest BCUT2D eigenvalue weighted by Gasteiger charge is 2.34. The predicted molar refractivity (Wildman–Crippen MR) is 78.0 cm³/mol. The maximum absolute atomic E-state index is 12.7. The zero-order valence-corrected chi connectivity index (χ0v) is 12.4. The van der Waals surface area contributed by atoms with E-state index in [0.717, 1.165) is 17.1 Å². The number of hydrogen-bond donors (Lipinski definition) is 3. The number of carboxylic acid groups (broad SMARTS) is 1. The van der Waals surface area contributed by atoms with Crippen LogP contribution in [0.15, 0.2) is 6.33 Å². The molecule has 0 aromatic carbocycles. The van der Waals surface area contributed by atoms with E-state index < -0.39 is 5.97 Å². The Labute approximate surface area is 126 Å². The Morgan fingerprint density at radius 3 is 3.19 bits per heavy atom. The number of carbonyl (C=O) groups excluding carboxylic acids is 1. The minimum Gasteiger partial charge on any atom is -0.481 e. The average Bonchev–Trinajstić information content (AvgIpc) is 2.94. The van der Waals surface area contributed by atoms with Crippen molar-refractivity contribution in [1.29, 1.82) is 0 Å². The molecular formula is C13H18N4O3S. The van der Waals surface area contributed by atoms with E-state index in [1.807, 2.05) is 0 Å². The van der Waals surface area contributed by atoms with Gasteiger partial charge < -0.3 is 15.0 Å². The molecule has 1 aromatic rings. The molecule has 0 bridgehead atoms. The van der Waals surface area contributed by atoms with Crippen LogP contribution in [0.25, 0.3) is 0 Å². The minimum atomic E-state index is -0.855. The molecule has 0 radical (unpaired) electrons. The molecule has 2 atom stereocenters. The van der Waals surface area contributed by atoms with Crippen molar-refractivity contribution in [2.24, 2.45) is 0 Å². The van der Waals surface area contributed by atoms with Crippen LogP contribution in [0.1, 0.15) is 17.8 Å². The molecule has 21 heavy (non-hydrogen) atoms. The van der Waals surface area contributed by atoms with Gasteiger partial charge in [-0.25, -0.2) is 4.98 Å². The van der Waals surface area contributed by atoms with Crippen molar-refractivity contribution < 1.29 is 14.7 Å². The van der Waals surface area contributed by atoms with Gasteiger partial charge in [0.1, 0.15) is 0 Å². The number of amides is 1. The number of fused-ring (bicyclic) bond motifs is 1. The van der Waals surface area contributed by atoms with Gasteiger partial charge in [-0.1, -0.05) is 0 Å². The largest absolute Gasteiger partial charge is 0.481 e. The highest BCUT2D eigenvalue weighted by Crippen LogP contribution is 2.22. The number of nitrogens with one attached hydrogen (secondary N) is 2. The number of carboxylic acids is 1. The summed E-state index contributed by atoms with van der Waals surface area (Å²) >= 11 is 1.71. The van der Waals surface area contributed by atoms with Crippen molar-refractivity contribution in [3.8, 4) is 0 Å². The molecule has 7 nitrogen and oxygen atoms in total. The third-order valence-corrected chi connectivity index (χ3v) is 5.04. The predicted octanol–water partition coefficient (Wildman–Crippen LogP) is -0.157. The van der Waals surface area contributed by atoms with Crippen molar-refractivity contribution in [3.63, 3.8) is 0 Å². The van der Waals surface area contributed by atoms with E-state index in [-0.39, 0.29) is 24.4 Å². The van der Waals surface area contributed by atoms with Crippen LogP contribution in [-0.2, 0) is 22.6 Å². The Morgan fingerprint density at radius 1 is 1.52 bits per heavy atom. The number of nitrogens with zero attached hydrogens (tertiary/aromatic N) is 2.